The molecule has 0 saturated carbocycles. The summed E-state index contributed by atoms with van der Waals surface area (Å²) in [5.41, 5.74) is 1.40. The van der Waals surface area contributed by atoms with Gasteiger partial charge < -0.3 is 5.11 Å². The molecule has 1 aromatic rings. The van der Waals surface area contributed by atoms with Gasteiger partial charge in [-0.2, -0.15) is 0 Å². The number of aliphatic hydroxyl groups excluding tert-OH is 1. The van der Waals surface area contributed by atoms with Crippen molar-refractivity contribution in [1.82, 2.24) is 0 Å². The highest BCUT2D eigenvalue weighted by atomic mass is 16.3. The van der Waals surface area contributed by atoms with Crippen molar-refractivity contribution in [1.29, 1.82) is 0 Å². The van der Waals surface area contributed by atoms with Crippen LogP contribution in [0.15, 0.2) is 30.3 Å². The van der Waals surface area contributed by atoms with E-state index in [0.717, 1.165) is 12.8 Å². The van der Waals surface area contributed by atoms with Crippen molar-refractivity contribution in [2.24, 2.45) is 5.92 Å². The Kier molecular flexibility index (Phi) is 4.68. The molecular weight excluding hydrogens is 172 g/mol. The number of hydrogen-bond donors (Lipinski definition) is 1. The standard InChI is InChI=1S/C13H20O/c1-3-12(9-11(2)10-14)13-7-5-4-6-8-13/h4-8,11-12,14H,3,9-10H2,1-2H3. The largest absolute Gasteiger partial charge is 0.396 e. The first-order valence-electron chi connectivity index (χ1n) is 5.43. The van der Waals surface area contributed by atoms with Crippen LogP contribution in [0, 0.1) is 5.92 Å². The lowest BCUT2D eigenvalue weighted by molar-refractivity contribution is 0.222. The summed E-state index contributed by atoms with van der Waals surface area (Å²) in [6.07, 6.45) is 2.23. The summed E-state index contributed by atoms with van der Waals surface area (Å²) in [4.78, 5) is 0. The molecule has 1 aromatic carbocycles. The third-order valence-electron chi connectivity index (χ3n) is 2.76. The van der Waals surface area contributed by atoms with Crippen LogP contribution < -0.4 is 0 Å². The van der Waals surface area contributed by atoms with E-state index in [2.05, 4.69) is 38.1 Å². The first kappa shape index (κ1) is 11.3. The van der Waals surface area contributed by atoms with Gasteiger partial charge in [-0.15, -0.1) is 0 Å². The minimum Gasteiger partial charge on any atom is -0.396 e. The summed E-state index contributed by atoms with van der Waals surface area (Å²) in [6, 6.07) is 10.6. The lowest BCUT2D eigenvalue weighted by Crippen LogP contribution is -2.07. The van der Waals surface area contributed by atoms with Gasteiger partial charge in [0, 0.05) is 6.61 Å². The lowest BCUT2D eigenvalue weighted by Gasteiger charge is -2.18. The van der Waals surface area contributed by atoms with E-state index in [1.165, 1.54) is 5.56 Å². The maximum Gasteiger partial charge on any atom is 0.0456 e. The minimum atomic E-state index is 0.295. The molecule has 2 unspecified atom stereocenters. The average molecular weight is 192 g/mol. The average Bonchev–Trinajstić information content (AvgIpc) is 2.26. The van der Waals surface area contributed by atoms with Crippen molar-refractivity contribution in [2.45, 2.75) is 32.6 Å². The Morgan fingerprint density at radius 1 is 1.21 bits per heavy atom. The van der Waals surface area contributed by atoms with Gasteiger partial charge in [0.15, 0.2) is 0 Å². The maximum atomic E-state index is 9.03. The zero-order valence-electron chi connectivity index (χ0n) is 9.11. The van der Waals surface area contributed by atoms with Gasteiger partial charge >= 0.3 is 0 Å². The Balaban J connectivity index is 2.63. The maximum absolute atomic E-state index is 9.03. The smallest absolute Gasteiger partial charge is 0.0456 e. The van der Waals surface area contributed by atoms with E-state index in [4.69, 9.17) is 5.11 Å². The summed E-state index contributed by atoms with van der Waals surface area (Å²) >= 11 is 0. The molecule has 1 heteroatoms. The van der Waals surface area contributed by atoms with Crippen LogP contribution in [0.25, 0.3) is 0 Å². The third-order valence-corrected chi connectivity index (χ3v) is 2.76. The van der Waals surface area contributed by atoms with Crippen molar-refractivity contribution in [2.75, 3.05) is 6.61 Å². The van der Waals surface area contributed by atoms with E-state index in [0.29, 0.717) is 18.4 Å². The predicted octanol–water partition coefficient (Wildman–Crippen LogP) is 3.20. The zero-order chi connectivity index (χ0) is 10.4. The Hall–Kier alpha value is -0.820. The van der Waals surface area contributed by atoms with Crippen molar-refractivity contribution >= 4 is 0 Å². The Labute approximate surface area is 86.8 Å². The Morgan fingerprint density at radius 2 is 1.86 bits per heavy atom. The quantitative estimate of drug-likeness (QED) is 0.759. The molecule has 78 valence electrons. The Bertz CT molecular complexity index is 243. The van der Waals surface area contributed by atoms with E-state index in [1.807, 2.05) is 6.07 Å². The summed E-state index contributed by atoms with van der Waals surface area (Å²) in [6.45, 7) is 4.61. The topological polar surface area (TPSA) is 20.2 Å². The van der Waals surface area contributed by atoms with Gasteiger partial charge in [-0.1, -0.05) is 44.2 Å². The molecule has 0 aromatic heterocycles. The molecule has 0 spiro atoms. The molecule has 0 heterocycles. The molecule has 0 aliphatic heterocycles. The van der Waals surface area contributed by atoms with E-state index in [9.17, 15) is 0 Å². The number of benzene rings is 1. The van der Waals surface area contributed by atoms with Crippen LogP contribution in [0.3, 0.4) is 0 Å². The van der Waals surface area contributed by atoms with Crippen molar-refractivity contribution in [3.63, 3.8) is 0 Å². The van der Waals surface area contributed by atoms with E-state index in [1.54, 1.807) is 0 Å². The highest BCUT2D eigenvalue weighted by molar-refractivity contribution is 5.19. The van der Waals surface area contributed by atoms with E-state index >= 15 is 0 Å². The van der Waals surface area contributed by atoms with Gasteiger partial charge in [0.25, 0.3) is 0 Å². The van der Waals surface area contributed by atoms with Crippen LogP contribution in [-0.2, 0) is 0 Å². The zero-order valence-corrected chi connectivity index (χ0v) is 9.11. The molecule has 2 atom stereocenters. The third kappa shape index (κ3) is 3.15. The number of aliphatic hydroxyl groups is 1. The second-order valence-corrected chi connectivity index (χ2v) is 4.04. The molecule has 0 radical (unpaired) electrons. The second kappa shape index (κ2) is 5.82. The van der Waals surface area contributed by atoms with Crippen LogP contribution in [-0.4, -0.2) is 11.7 Å². The SMILES string of the molecule is CCC(CC(C)CO)c1ccccc1. The first-order chi connectivity index (χ1) is 6.77. The van der Waals surface area contributed by atoms with E-state index in [-0.39, 0.29) is 0 Å². The molecule has 0 aliphatic rings. The molecule has 14 heavy (non-hydrogen) atoms. The molecule has 0 amide bonds. The number of rotatable bonds is 5. The number of hydrogen-bond acceptors (Lipinski definition) is 1. The highest BCUT2D eigenvalue weighted by Gasteiger charge is 2.12. The first-order valence-corrected chi connectivity index (χ1v) is 5.43. The summed E-state index contributed by atoms with van der Waals surface area (Å²) in [5.74, 6) is 0.999. The molecule has 0 bridgehead atoms. The summed E-state index contributed by atoms with van der Waals surface area (Å²) < 4.78 is 0. The summed E-state index contributed by atoms with van der Waals surface area (Å²) in [5, 5.41) is 9.03. The fraction of sp³-hybridized carbons (Fsp3) is 0.538. The second-order valence-electron chi connectivity index (χ2n) is 4.04. The van der Waals surface area contributed by atoms with Gasteiger partial charge in [-0.3, -0.25) is 0 Å². The summed E-state index contributed by atoms with van der Waals surface area (Å²) in [7, 11) is 0. The molecule has 0 saturated heterocycles. The monoisotopic (exact) mass is 192 g/mol. The minimum absolute atomic E-state index is 0.295. The van der Waals surface area contributed by atoms with Gasteiger partial charge in [-0.05, 0) is 30.2 Å². The van der Waals surface area contributed by atoms with Crippen molar-refractivity contribution < 1.29 is 5.11 Å². The fourth-order valence-electron chi connectivity index (χ4n) is 1.82. The van der Waals surface area contributed by atoms with Crippen molar-refractivity contribution in [3.05, 3.63) is 35.9 Å². The lowest BCUT2D eigenvalue weighted by atomic mass is 9.88. The normalized spacial score (nSPS) is 15.1. The molecule has 0 aliphatic carbocycles. The fourth-order valence-corrected chi connectivity index (χ4v) is 1.82. The van der Waals surface area contributed by atoms with Crippen LogP contribution in [0.4, 0.5) is 0 Å². The molecule has 1 rings (SSSR count). The molecule has 1 N–H and O–H groups in total. The van der Waals surface area contributed by atoms with Crippen molar-refractivity contribution in [3.8, 4) is 0 Å². The van der Waals surface area contributed by atoms with Gasteiger partial charge in [0.2, 0.25) is 0 Å². The van der Waals surface area contributed by atoms with Crippen LogP contribution >= 0.6 is 0 Å². The molecule has 0 fully saturated rings. The van der Waals surface area contributed by atoms with Crippen LogP contribution in [0.2, 0.25) is 0 Å². The predicted molar refractivity (Wildman–Crippen MR) is 60.3 cm³/mol. The Morgan fingerprint density at radius 3 is 2.36 bits per heavy atom. The van der Waals surface area contributed by atoms with Crippen LogP contribution in [0.1, 0.15) is 38.2 Å². The van der Waals surface area contributed by atoms with E-state index < -0.39 is 0 Å². The molecule has 1 nitrogen and oxygen atoms in total. The molecular formula is C13H20O. The highest BCUT2D eigenvalue weighted by Crippen LogP contribution is 2.26. The van der Waals surface area contributed by atoms with Gasteiger partial charge in [-0.25, -0.2) is 0 Å². The van der Waals surface area contributed by atoms with Gasteiger partial charge in [0.1, 0.15) is 0 Å². The van der Waals surface area contributed by atoms with Crippen LogP contribution in [0.5, 0.6) is 0 Å². The van der Waals surface area contributed by atoms with Gasteiger partial charge in [0.05, 0.1) is 0 Å².